The molecule has 2 aromatic heterocycles. The second-order valence-electron chi connectivity index (χ2n) is 5.42. The number of nitrogens with zero attached hydrogens (tertiary/aromatic N) is 4. The molecule has 136 valence electrons. The third-order valence-corrected chi connectivity index (χ3v) is 4.93. The molecule has 0 saturated carbocycles. The fourth-order valence-corrected chi connectivity index (χ4v) is 3.48. The van der Waals surface area contributed by atoms with E-state index >= 15 is 0 Å². The van der Waals surface area contributed by atoms with Crippen LogP contribution in [0.2, 0.25) is 0 Å². The van der Waals surface area contributed by atoms with Crippen molar-refractivity contribution < 1.29 is 22.5 Å². The van der Waals surface area contributed by atoms with Gasteiger partial charge < -0.3 is 14.2 Å². The summed E-state index contributed by atoms with van der Waals surface area (Å²) in [6, 6.07) is 1.24. The fraction of sp³-hybridized carbons (Fsp3) is 0.500. The Morgan fingerprint density at radius 2 is 2.00 bits per heavy atom. The predicted octanol–water partition coefficient (Wildman–Crippen LogP) is 2.77. The summed E-state index contributed by atoms with van der Waals surface area (Å²) in [7, 11) is 0. The summed E-state index contributed by atoms with van der Waals surface area (Å²) in [4.78, 5) is 13.9. The van der Waals surface area contributed by atoms with E-state index < -0.39 is 23.0 Å². The third-order valence-electron chi connectivity index (χ3n) is 3.63. The number of rotatable bonds is 2. The first-order valence-corrected chi connectivity index (χ1v) is 9.74. The van der Waals surface area contributed by atoms with Crippen LogP contribution in [0.25, 0.3) is 11.0 Å². The summed E-state index contributed by atoms with van der Waals surface area (Å²) in [5.74, 6) is 0.249. The lowest BCUT2D eigenvalue weighted by Crippen LogP contribution is -2.28. The van der Waals surface area contributed by atoms with Gasteiger partial charge >= 0.3 is 11.3 Å². The molecule has 1 fully saturated rings. The lowest BCUT2D eigenvalue weighted by Gasteiger charge is -2.22. The molecule has 2 aromatic rings. The Bertz CT molecular complexity index is 783. The first kappa shape index (κ1) is 18.6. The van der Waals surface area contributed by atoms with E-state index in [1.807, 2.05) is 0 Å². The second kappa shape index (κ2) is 7.22. The van der Waals surface area contributed by atoms with Crippen LogP contribution < -0.4 is 4.90 Å². The maximum absolute atomic E-state index is 13.2. The number of hydrogen-bond acceptors (Lipinski definition) is 6. The van der Waals surface area contributed by atoms with Crippen LogP contribution in [-0.4, -0.2) is 52.1 Å². The van der Waals surface area contributed by atoms with Crippen LogP contribution in [0.1, 0.15) is 12.1 Å². The predicted molar refractivity (Wildman–Crippen MR) is 90.0 cm³/mol. The third kappa shape index (κ3) is 3.99. The number of hydrogen-bond donors (Lipinski definition) is 0. The van der Waals surface area contributed by atoms with Gasteiger partial charge in [-0.2, -0.15) is 23.1 Å². The van der Waals surface area contributed by atoms with Gasteiger partial charge in [-0.1, -0.05) is 0 Å². The van der Waals surface area contributed by atoms with Gasteiger partial charge in [0.2, 0.25) is 0 Å². The highest BCUT2D eigenvalue weighted by atomic mass is 79.9. The van der Waals surface area contributed by atoms with E-state index in [2.05, 4.69) is 30.9 Å². The van der Waals surface area contributed by atoms with Gasteiger partial charge in [-0.3, -0.25) is 0 Å². The Kier molecular flexibility index (Phi) is 5.37. The van der Waals surface area contributed by atoms with E-state index in [0.717, 1.165) is 0 Å². The van der Waals surface area contributed by atoms with E-state index in [4.69, 9.17) is 4.74 Å². The maximum atomic E-state index is 13.2. The maximum Gasteiger partial charge on any atom is 0.434 e. The molecule has 1 atom stereocenters. The van der Waals surface area contributed by atoms with Crippen molar-refractivity contribution in [3.8, 4) is 0 Å². The minimum Gasteiger partial charge on any atom is -0.609 e. The summed E-state index contributed by atoms with van der Waals surface area (Å²) in [5, 5.41) is 0.0566. The summed E-state index contributed by atoms with van der Waals surface area (Å²) in [6.07, 6.45) is -2.49. The molecule has 11 heteroatoms. The Balaban J connectivity index is 2.23. The van der Waals surface area contributed by atoms with Gasteiger partial charge in [-0.05, 0) is 28.4 Å². The van der Waals surface area contributed by atoms with Gasteiger partial charge in [0.15, 0.2) is 11.5 Å². The van der Waals surface area contributed by atoms with E-state index in [1.54, 1.807) is 4.90 Å². The van der Waals surface area contributed by atoms with Gasteiger partial charge in [0.25, 0.3) is 0 Å². The molecule has 0 bridgehead atoms. The second-order valence-corrected chi connectivity index (χ2v) is 7.55. The summed E-state index contributed by atoms with van der Waals surface area (Å²) < 4.78 is 56.6. The van der Waals surface area contributed by atoms with Crippen LogP contribution in [0.3, 0.4) is 0 Å². The van der Waals surface area contributed by atoms with Gasteiger partial charge in [0.1, 0.15) is 17.3 Å². The number of alkyl halides is 3. The highest BCUT2D eigenvalue weighted by Gasteiger charge is 2.36. The topological polar surface area (TPSA) is 74.2 Å². The zero-order chi connectivity index (χ0) is 18.2. The average molecular weight is 439 g/mol. The summed E-state index contributed by atoms with van der Waals surface area (Å²) >= 11 is 1.42. The van der Waals surface area contributed by atoms with Gasteiger partial charge in [0, 0.05) is 30.9 Å². The van der Waals surface area contributed by atoms with Crippen molar-refractivity contribution in [2.24, 2.45) is 0 Å². The van der Waals surface area contributed by atoms with Gasteiger partial charge in [0.05, 0.1) is 11.1 Å². The molecule has 3 heterocycles. The van der Waals surface area contributed by atoms with Crippen molar-refractivity contribution in [3.63, 3.8) is 0 Å². The Morgan fingerprint density at radius 1 is 1.24 bits per heavy atom. The van der Waals surface area contributed by atoms with Crippen LogP contribution in [-0.2, 0) is 22.1 Å². The number of ether oxygens (including phenoxy) is 1. The van der Waals surface area contributed by atoms with Crippen molar-refractivity contribution >= 4 is 44.0 Å². The minimum absolute atomic E-state index is 0.0339. The van der Waals surface area contributed by atoms with Crippen LogP contribution in [0.15, 0.2) is 15.7 Å². The standard InChI is InChI=1S/C14H14BrF3N4O2S/c1-25(23)13-19-9-7-8(15)11(14(16,17)18)20-10(9)12(21-13)22-3-2-5-24-6-4-22/h7H,2-6H2,1H3. The molecule has 1 unspecified atom stereocenters. The number of halogens is 4. The molecule has 3 rings (SSSR count). The Hall–Kier alpha value is -1.17. The molecule has 0 spiro atoms. The molecule has 25 heavy (non-hydrogen) atoms. The molecule has 0 aliphatic carbocycles. The van der Waals surface area contributed by atoms with Gasteiger partial charge in [-0.25, -0.2) is 4.98 Å². The van der Waals surface area contributed by atoms with Crippen molar-refractivity contribution in [1.82, 2.24) is 15.0 Å². The van der Waals surface area contributed by atoms with E-state index in [1.165, 1.54) is 12.3 Å². The molecule has 0 N–H and O–H groups in total. The Morgan fingerprint density at radius 3 is 2.68 bits per heavy atom. The van der Waals surface area contributed by atoms with E-state index in [9.17, 15) is 17.7 Å². The normalized spacial score (nSPS) is 17.6. The molecule has 0 radical (unpaired) electrons. The highest BCUT2D eigenvalue weighted by molar-refractivity contribution is 9.10. The zero-order valence-electron chi connectivity index (χ0n) is 13.1. The van der Waals surface area contributed by atoms with Crippen LogP contribution in [0.4, 0.5) is 19.0 Å². The van der Waals surface area contributed by atoms with Crippen LogP contribution >= 0.6 is 15.9 Å². The van der Waals surface area contributed by atoms with E-state index in [-0.39, 0.29) is 26.5 Å². The molecule has 6 nitrogen and oxygen atoms in total. The van der Waals surface area contributed by atoms with Crippen molar-refractivity contribution in [2.45, 2.75) is 17.8 Å². The average Bonchev–Trinajstić information content (AvgIpc) is 2.81. The van der Waals surface area contributed by atoms with E-state index in [0.29, 0.717) is 32.7 Å². The number of fused-ring (bicyclic) bond motifs is 1. The quantitative estimate of drug-likeness (QED) is 0.530. The monoisotopic (exact) mass is 438 g/mol. The Labute approximate surface area is 153 Å². The van der Waals surface area contributed by atoms with Crippen LogP contribution in [0.5, 0.6) is 0 Å². The lowest BCUT2D eigenvalue weighted by atomic mass is 10.2. The molecule has 1 aliphatic rings. The fourth-order valence-electron chi connectivity index (χ4n) is 2.51. The zero-order valence-corrected chi connectivity index (χ0v) is 15.5. The molecule has 0 amide bonds. The highest BCUT2D eigenvalue weighted by Crippen LogP contribution is 2.36. The van der Waals surface area contributed by atoms with Crippen LogP contribution in [0, 0.1) is 0 Å². The smallest absolute Gasteiger partial charge is 0.434 e. The first-order valence-electron chi connectivity index (χ1n) is 7.39. The lowest BCUT2D eigenvalue weighted by molar-refractivity contribution is -0.141. The molecule has 1 saturated heterocycles. The SMILES string of the molecule is C[S+]([O-])c1nc(N2CCCOCC2)c2nc(C(F)(F)F)c(Br)cc2n1. The van der Waals surface area contributed by atoms with Crippen molar-refractivity contribution in [3.05, 3.63) is 16.2 Å². The molecular formula is C14H14BrF3N4O2S. The molecular weight excluding hydrogens is 425 g/mol. The first-order chi connectivity index (χ1) is 11.8. The molecule has 0 aromatic carbocycles. The molecule has 1 aliphatic heterocycles. The number of anilines is 1. The van der Waals surface area contributed by atoms with Gasteiger partial charge in [-0.15, -0.1) is 0 Å². The largest absolute Gasteiger partial charge is 0.609 e. The number of aromatic nitrogens is 3. The minimum atomic E-state index is -4.61. The summed E-state index contributed by atoms with van der Waals surface area (Å²) in [6.45, 7) is 2.01. The summed E-state index contributed by atoms with van der Waals surface area (Å²) in [5.41, 5.74) is -0.798. The van der Waals surface area contributed by atoms with Crippen molar-refractivity contribution in [2.75, 3.05) is 37.5 Å². The number of pyridine rings is 1. The van der Waals surface area contributed by atoms with Crippen molar-refractivity contribution in [1.29, 1.82) is 0 Å².